The van der Waals surface area contributed by atoms with Gasteiger partial charge in [-0.2, -0.15) is 0 Å². The van der Waals surface area contributed by atoms with Crippen LogP contribution in [0.4, 0.5) is 0 Å². The Bertz CT molecular complexity index is 576. The summed E-state index contributed by atoms with van der Waals surface area (Å²) in [7, 11) is 1.52. The summed E-state index contributed by atoms with van der Waals surface area (Å²) in [5.41, 5.74) is -0.935. The second-order valence-electron chi connectivity index (χ2n) is 10.2. The Kier molecular flexibility index (Phi) is 3.88. The molecule has 4 aliphatic carbocycles. The average Bonchev–Trinajstić information content (AvgIpc) is 2.80. The molecular formula is C21H34O4. The van der Waals surface area contributed by atoms with Crippen molar-refractivity contribution in [2.75, 3.05) is 13.7 Å². The van der Waals surface area contributed by atoms with E-state index < -0.39 is 5.60 Å². The number of esters is 1. The fourth-order valence-electron chi connectivity index (χ4n) is 8.28. The first-order valence-corrected chi connectivity index (χ1v) is 10.2. The standard InChI is InChI=1S/C21H34O4/c1-18-8-4-9-19(2,17(23)25-3)15(18)7-10-20-11-14(5-6-16(18)20)21(24,12-20)13-22/h14-16,22,24H,4-13H2,1-3H3/t14-,15+,16-,18-,19-,20+,21+/m1/s1. The Morgan fingerprint density at radius 2 is 1.88 bits per heavy atom. The number of carbonyl (C=O) groups excluding carboxylic acids is 1. The molecule has 0 amide bonds. The van der Waals surface area contributed by atoms with Crippen LogP contribution in [0.15, 0.2) is 0 Å². The highest BCUT2D eigenvalue weighted by Crippen LogP contribution is 2.72. The van der Waals surface area contributed by atoms with Crippen LogP contribution in [0.2, 0.25) is 0 Å². The largest absolute Gasteiger partial charge is 0.469 e. The van der Waals surface area contributed by atoms with Gasteiger partial charge in [-0.05, 0) is 86.9 Å². The molecule has 0 aromatic rings. The van der Waals surface area contributed by atoms with Crippen LogP contribution in [0.5, 0.6) is 0 Å². The van der Waals surface area contributed by atoms with E-state index in [4.69, 9.17) is 4.74 Å². The van der Waals surface area contributed by atoms with Crippen LogP contribution in [-0.4, -0.2) is 35.5 Å². The maximum Gasteiger partial charge on any atom is 0.311 e. The molecule has 4 saturated carbocycles. The fraction of sp³-hybridized carbons (Fsp3) is 0.952. The molecule has 0 aromatic carbocycles. The summed E-state index contributed by atoms with van der Waals surface area (Å²) in [5.74, 6) is 1.15. The van der Waals surface area contributed by atoms with E-state index in [-0.39, 0.29) is 34.7 Å². The third-order valence-electron chi connectivity index (χ3n) is 9.24. The summed E-state index contributed by atoms with van der Waals surface area (Å²) in [4.78, 5) is 12.7. The zero-order valence-corrected chi connectivity index (χ0v) is 16.0. The van der Waals surface area contributed by atoms with Crippen molar-refractivity contribution < 1.29 is 19.7 Å². The molecule has 0 radical (unpaired) electrons. The molecule has 1 spiro atoms. The van der Waals surface area contributed by atoms with Crippen LogP contribution in [0.1, 0.15) is 71.6 Å². The zero-order chi connectivity index (χ0) is 18.1. The van der Waals surface area contributed by atoms with Crippen molar-refractivity contribution in [1.29, 1.82) is 0 Å². The number of fused-ring (bicyclic) bond motifs is 3. The third kappa shape index (κ3) is 2.16. The molecule has 4 rings (SSSR count). The SMILES string of the molecule is COC(=O)[C@]1(C)CCC[C@@]2(C)[C@H]3CC[C@@H]4C[C@@]3(CC[C@@H]21)C[C@]4(O)CO. The number of ether oxygens (including phenoxy) is 1. The number of hydrogen-bond acceptors (Lipinski definition) is 4. The Balaban J connectivity index is 1.71. The van der Waals surface area contributed by atoms with Gasteiger partial charge in [0.2, 0.25) is 0 Å². The number of aliphatic hydroxyl groups is 2. The number of rotatable bonds is 2. The van der Waals surface area contributed by atoms with Crippen molar-refractivity contribution >= 4 is 5.97 Å². The van der Waals surface area contributed by atoms with Crippen molar-refractivity contribution in [3.63, 3.8) is 0 Å². The first-order valence-electron chi connectivity index (χ1n) is 10.2. The van der Waals surface area contributed by atoms with Gasteiger partial charge >= 0.3 is 5.97 Å². The lowest BCUT2D eigenvalue weighted by Gasteiger charge is -2.63. The Morgan fingerprint density at radius 3 is 2.56 bits per heavy atom. The minimum absolute atomic E-state index is 0.0358. The first-order chi connectivity index (χ1) is 11.7. The van der Waals surface area contributed by atoms with Crippen molar-refractivity contribution in [1.82, 2.24) is 0 Å². The molecule has 142 valence electrons. The molecular weight excluding hydrogens is 316 g/mol. The molecule has 25 heavy (non-hydrogen) atoms. The molecule has 4 nitrogen and oxygen atoms in total. The monoisotopic (exact) mass is 350 g/mol. The van der Waals surface area contributed by atoms with Crippen molar-refractivity contribution in [2.45, 2.75) is 77.2 Å². The third-order valence-corrected chi connectivity index (χ3v) is 9.24. The lowest BCUT2D eigenvalue weighted by molar-refractivity contribution is -0.184. The van der Waals surface area contributed by atoms with Crippen molar-refractivity contribution in [2.24, 2.45) is 34.0 Å². The van der Waals surface area contributed by atoms with Gasteiger partial charge in [0.25, 0.3) is 0 Å². The molecule has 0 unspecified atom stereocenters. The molecule has 2 N–H and O–H groups in total. The summed E-state index contributed by atoms with van der Waals surface area (Å²) in [5, 5.41) is 20.8. The minimum Gasteiger partial charge on any atom is -0.469 e. The van der Waals surface area contributed by atoms with Gasteiger partial charge in [0, 0.05) is 0 Å². The summed E-state index contributed by atoms with van der Waals surface area (Å²) < 4.78 is 5.22. The quantitative estimate of drug-likeness (QED) is 0.750. The van der Waals surface area contributed by atoms with Gasteiger partial charge in [-0.25, -0.2) is 0 Å². The second kappa shape index (κ2) is 5.45. The Labute approximate surface area is 151 Å². The van der Waals surface area contributed by atoms with E-state index in [1.165, 1.54) is 13.5 Å². The van der Waals surface area contributed by atoms with Gasteiger partial charge in [0.1, 0.15) is 0 Å². The highest BCUT2D eigenvalue weighted by Gasteiger charge is 2.68. The highest BCUT2D eigenvalue weighted by molar-refractivity contribution is 5.77. The molecule has 0 aromatic heterocycles. The van der Waals surface area contributed by atoms with E-state index in [1.54, 1.807) is 0 Å². The smallest absolute Gasteiger partial charge is 0.311 e. The number of aliphatic hydroxyl groups excluding tert-OH is 1. The molecule has 4 fully saturated rings. The average molecular weight is 350 g/mol. The predicted octanol–water partition coefficient (Wildman–Crippen LogP) is 3.30. The van der Waals surface area contributed by atoms with Gasteiger partial charge in [-0.1, -0.05) is 13.3 Å². The van der Waals surface area contributed by atoms with Gasteiger partial charge < -0.3 is 14.9 Å². The lowest BCUT2D eigenvalue weighted by atomic mass is 9.41. The fourth-order valence-corrected chi connectivity index (χ4v) is 8.28. The second-order valence-corrected chi connectivity index (χ2v) is 10.2. The summed E-state index contributed by atoms with van der Waals surface area (Å²) in [6, 6.07) is 0. The van der Waals surface area contributed by atoms with Crippen LogP contribution in [-0.2, 0) is 9.53 Å². The minimum atomic E-state index is -0.877. The molecule has 0 saturated heterocycles. The van der Waals surface area contributed by atoms with Crippen LogP contribution in [0.25, 0.3) is 0 Å². The maximum absolute atomic E-state index is 12.7. The normalized spacial score (nSPS) is 54.5. The molecule has 2 bridgehead atoms. The van der Waals surface area contributed by atoms with E-state index >= 15 is 0 Å². The van der Waals surface area contributed by atoms with Crippen LogP contribution < -0.4 is 0 Å². The lowest BCUT2D eigenvalue weighted by Crippen LogP contribution is -2.58. The highest BCUT2D eigenvalue weighted by atomic mass is 16.5. The summed E-state index contributed by atoms with van der Waals surface area (Å²) in [6.45, 7) is 4.44. The van der Waals surface area contributed by atoms with E-state index in [9.17, 15) is 15.0 Å². The first kappa shape index (κ1) is 17.8. The molecule has 0 aliphatic heterocycles. The van der Waals surface area contributed by atoms with Crippen LogP contribution >= 0.6 is 0 Å². The molecule has 0 heterocycles. The van der Waals surface area contributed by atoms with Gasteiger partial charge in [0.15, 0.2) is 0 Å². The van der Waals surface area contributed by atoms with Crippen molar-refractivity contribution in [3.05, 3.63) is 0 Å². The van der Waals surface area contributed by atoms with E-state index in [0.29, 0.717) is 11.8 Å². The van der Waals surface area contributed by atoms with Gasteiger partial charge in [-0.15, -0.1) is 0 Å². The van der Waals surface area contributed by atoms with Crippen LogP contribution in [0.3, 0.4) is 0 Å². The maximum atomic E-state index is 12.7. The number of methoxy groups -OCH3 is 1. The van der Waals surface area contributed by atoms with E-state index in [1.807, 2.05) is 0 Å². The van der Waals surface area contributed by atoms with Crippen molar-refractivity contribution in [3.8, 4) is 0 Å². The summed E-state index contributed by atoms with van der Waals surface area (Å²) in [6.07, 6.45) is 9.30. The van der Waals surface area contributed by atoms with Gasteiger partial charge in [-0.3, -0.25) is 4.79 Å². The number of carbonyl (C=O) groups is 1. The zero-order valence-electron chi connectivity index (χ0n) is 16.0. The topological polar surface area (TPSA) is 66.8 Å². The Morgan fingerprint density at radius 1 is 1.12 bits per heavy atom. The molecule has 7 atom stereocenters. The number of hydrogen-bond donors (Lipinski definition) is 2. The molecule has 4 heteroatoms. The van der Waals surface area contributed by atoms with E-state index in [2.05, 4.69) is 13.8 Å². The predicted molar refractivity (Wildman–Crippen MR) is 94.7 cm³/mol. The summed E-state index contributed by atoms with van der Waals surface area (Å²) >= 11 is 0. The van der Waals surface area contributed by atoms with Crippen LogP contribution in [0, 0.1) is 34.0 Å². The van der Waals surface area contributed by atoms with Gasteiger partial charge in [0.05, 0.1) is 24.7 Å². The van der Waals surface area contributed by atoms with E-state index in [0.717, 1.165) is 51.4 Å². The Hall–Kier alpha value is -0.610. The molecule has 4 aliphatic rings.